The van der Waals surface area contributed by atoms with E-state index in [0.29, 0.717) is 18.5 Å². The van der Waals surface area contributed by atoms with Gasteiger partial charge in [0.15, 0.2) is 0 Å². The molecule has 1 aliphatic rings. The number of anilines is 1. The van der Waals surface area contributed by atoms with Crippen LogP contribution in [0.4, 0.5) is 5.95 Å². The van der Waals surface area contributed by atoms with Crippen LogP contribution in [0.15, 0.2) is 18.5 Å². The van der Waals surface area contributed by atoms with Gasteiger partial charge >= 0.3 is 0 Å². The summed E-state index contributed by atoms with van der Waals surface area (Å²) >= 11 is 0. The summed E-state index contributed by atoms with van der Waals surface area (Å²) in [5.74, 6) is 0.300. The van der Waals surface area contributed by atoms with E-state index >= 15 is 0 Å². The highest BCUT2D eigenvalue weighted by Gasteiger charge is 2.18. The van der Waals surface area contributed by atoms with Gasteiger partial charge in [0.1, 0.15) is 0 Å². The normalized spacial score (nSPS) is 18.7. The molecular weight excluding hydrogens is 242 g/mol. The lowest BCUT2D eigenvalue weighted by molar-refractivity contribution is -0.117. The van der Waals surface area contributed by atoms with Crippen molar-refractivity contribution in [1.82, 2.24) is 20.2 Å². The van der Waals surface area contributed by atoms with E-state index in [2.05, 4.69) is 32.4 Å². The number of nitrogens with one attached hydrogen (secondary N) is 2. The minimum atomic E-state index is -0.0638. The van der Waals surface area contributed by atoms with Crippen LogP contribution in [0.3, 0.4) is 0 Å². The van der Waals surface area contributed by atoms with Gasteiger partial charge in [-0.1, -0.05) is 6.92 Å². The first-order valence-electron chi connectivity index (χ1n) is 6.80. The van der Waals surface area contributed by atoms with Gasteiger partial charge in [0.05, 0.1) is 6.54 Å². The average Bonchev–Trinajstić information content (AvgIpc) is 2.92. The average molecular weight is 263 g/mol. The van der Waals surface area contributed by atoms with Crippen molar-refractivity contribution in [3.05, 3.63) is 18.5 Å². The van der Waals surface area contributed by atoms with Crippen LogP contribution in [-0.2, 0) is 4.79 Å². The Morgan fingerprint density at radius 1 is 1.53 bits per heavy atom. The molecular formula is C13H21N5O. The third kappa shape index (κ3) is 4.57. The Hall–Kier alpha value is -1.53. The van der Waals surface area contributed by atoms with Crippen LogP contribution >= 0.6 is 0 Å². The van der Waals surface area contributed by atoms with Crippen molar-refractivity contribution in [1.29, 1.82) is 0 Å². The zero-order valence-corrected chi connectivity index (χ0v) is 11.3. The first kappa shape index (κ1) is 13.9. The van der Waals surface area contributed by atoms with Gasteiger partial charge < -0.3 is 5.32 Å². The lowest BCUT2D eigenvalue weighted by Crippen LogP contribution is -2.41. The van der Waals surface area contributed by atoms with Crippen LogP contribution in [0.2, 0.25) is 0 Å². The van der Waals surface area contributed by atoms with E-state index in [9.17, 15) is 4.79 Å². The number of hydrogen-bond acceptors (Lipinski definition) is 5. The van der Waals surface area contributed by atoms with Crippen molar-refractivity contribution in [2.45, 2.75) is 25.8 Å². The summed E-state index contributed by atoms with van der Waals surface area (Å²) in [5.41, 5.74) is 0. The second-order valence-electron chi connectivity index (χ2n) is 4.74. The Labute approximate surface area is 113 Å². The fourth-order valence-corrected chi connectivity index (χ4v) is 2.26. The van der Waals surface area contributed by atoms with Gasteiger partial charge in [0, 0.05) is 25.0 Å². The summed E-state index contributed by atoms with van der Waals surface area (Å²) in [5, 5.41) is 6.15. The molecule has 0 bridgehead atoms. The van der Waals surface area contributed by atoms with Crippen molar-refractivity contribution in [2.24, 2.45) is 0 Å². The van der Waals surface area contributed by atoms with E-state index in [1.807, 2.05) is 0 Å². The van der Waals surface area contributed by atoms with Crippen molar-refractivity contribution >= 4 is 11.9 Å². The smallest absolute Gasteiger partial charge is 0.240 e. The molecule has 1 aliphatic heterocycles. The van der Waals surface area contributed by atoms with Crippen molar-refractivity contribution in [3.8, 4) is 0 Å². The maximum Gasteiger partial charge on any atom is 0.240 e. The monoisotopic (exact) mass is 263 g/mol. The van der Waals surface area contributed by atoms with Crippen LogP contribution < -0.4 is 10.6 Å². The Bertz CT molecular complexity index is 391. The van der Waals surface area contributed by atoms with Gasteiger partial charge in [-0.2, -0.15) is 0 Å². The molecule has 0 aliphatic carbocycles. The van der Waals surface area contributed by atoms with Crippen molar-refractivity contribution in [2.75, 3.05) is 31.5 Å². The molecule has 104 valence electrons. The topological polar surface area (TPSA) is 70.2 Å². The number of carbonyl (C=O) groups is 1. The summed E-state index contributed by atoms with van der Waals surface area (Å²) in [7, 11) is 0. The first-order chi connectivity index (χ1) is 9.28. The van der Waals surface area contributed by atoms with Crippen LogP contribution in [-0.4, -0.2) is 53.0 Å². The fraction of sp³-hybridized carbons (Fsp3) is 0.615. The predicted molar refractivity (Wildman–Crippen MR) is 73.8 cm³/mol. The quantitative estimate of drug-likeness (QED) is 0.781. The lowest BCUT2D eigenvalue weighted by Gasteiger charge is -2.23. The number of nitrogens with zero attached hydrogens (tertiary/aromatic N) is 3. The van der Waals surface area contributed by atoms with Crippen molar-refractivity contribution < 1.29 is 4.79 Å². The number of amides is 1. The Morgan fingerprint density at radius 2 is 2.32 bits per heavy atom. The molecule has 1 saturated heterocycles. The molecule has 19 heavy (non-hydrogen) atoms. The number of carbonyl (C=O) groups excluding carboxylic acids is 1. The number of hydrogen-bond donors (Lipinski definition) is 2. The molecule has 6 nitrogen and oxygen atoms in total. The molecule has 1 fully saturated rings. The highest BCUT2D eigenvalue weighted by molar-refractivity contribution is 5.90. The summed E-state index contributed by atoms with van der Waals surface area (Å²) in [4.78, 5) is 22.0. The molecule has 0 saturated carbocycles. The Morgan fingerprint density at radius 3 is 2.95 bits per heavy atom. The maximum absolute atomic E-state index is 11.9. The summed E-state index contributed by atoms with van der Waals surface area (Å²) < 4.78 is 0. The van der Waals surface area contributed by atoms with Gasteiger partial charge in [-0.15, -0.1) is 0 Å². The zero-order valence-electron chi connectivity index (χ0n) is 11.3. The van der Waals surface area contributed by atoms with Crippen LogP contribution in [0.1, 0.15) is 19.8 Å². The first-order valence-corrected chi connectivity index (χ1v) is 6.80. The molecule has 0 spiro atoms. The van der Waals surface area contributed by atoms with E-state index in [1.54, 1.807) is 18.5 Å². The van der Waals surface area contributed by atoms with Gasteiger partial charge in [-0.25, -0.2) is 9.97 Å². The van der Waals surface area contributed by atoms with Gasteiger partial charge in [-0.05, 0) is 32.0 Å². The largest absolute Gasteiger partial charge is 0.313 e. The van der Waals surface area contributed by atoms with Crippen molar-refractivity contribution in [3.63, 3.8) is 0 Å². The van der Waals surface area contributed by atoms with Gasteiger partial charge in [0.25, 0.3) is 0 Å². The molecule has 2 heterocycles. The summed E-state index contributed by atoms with van der Waals surface area (Å²) in [6.07, 6.45) is 5.65. The number of aromatic nitrogens is 2. The number of likely N-dealkylation sites (N-methyl/N-ethyl adjacent to an activating group) is 1. The molecule has 0 aromatic carbocycles. The third-order valence-electron chi connectivity index (χ3n) is 3.27. The minimum absolute atomic E-state index is 0.0638. The SMILES string of the molecule is CCN(CC(=O)Nc1ncccn1)CC1CCCN1. The van der Waals surface area contributed by atoms with E-state index in [-0.39, 0.29) is 5.91 Å². The Kier molecular flexibility index (Phi) is 5.23. The van der Waals surface area contributed by atoms with Gasteiger partial charge in [-0.3, -0.25) is 15.0 Å². The van der Waals surface area contributed by atoms with Crippen LogP contribution in [0.25, 0.3) is 0 Å². The molecule has 1 aromatic heterocycles. The van der Waals surface area contributed by atoms with E-state index in [0.717, 1.165) is 19.6 Å². The van der Waals surface area contributed by atoms with E-state index < -0.39 is 0 Å². The van der Waals surface area contributed by atoms with E-state index in [4.69, 9.17) is 0 Å². The zero-order chi connectivity index (χ0) is 13.5. The molecule has 1 amide bonds. The van der Waals surface area contributed by atoms with Crippen LogP contribution in [0, 0.1) is 0 Å². The molecule has 6 heteroatoms. The molecule has 0 radical (unpaired) electrons. The molecule has 1 unspecified atom stereocenters. The Balaban J connectivity index is 1.78. The second kappa shape index (κ2) is 7.16. The maximum atomic E-state index is 11.9. The molecule has 1 aromatic rings. The lowest BCUT2D eigenvalue weighted by atomic mass is 10.2. The van der Waals surface area contributed by atoms with Crippen LogP contribution in [0.5, 0.6) is 0 Å². The minimum Gasteiger partial charge on any atom is -0.313 e. The molecule has 2 N–H and O–H groups in total. The number of rotatable bonds is 6. The summed E-state index contributed by atoms with van der Waals surface area (Å²) in [6.45, 7) is 5.32. The predicted octanol–water partition coefficient (Wildman–Crippen LogP) is 0.489. The third-order valence-corrected chi connectivity index (χ3v) is 3.27. The fourth-order valence-electron chi connectivity index (χ4n) is 2.26. The second-order valence-corrected chi connectivity index (χ2v) is 4.74. The standard InChI is InChI=1S/C13H21N5O/c1-2-18(9-11-5-3-6-14-11)10-12(19)17-13-15-7-4-8-16-13/h4,7-8,11,14H,2-3,5-6,9-10H2,1H3,(H,15,16,17,19). The van der Waals surface area contributed by atoms with E-state index in [1.165, 1.54) is 12.8 Å². The molecule has 1 atom stereocenters. The highest BCUT2D eigenvalue weighted by Crippen LogP contribution is 2.07. The summed E-state index contributed by atoms with van der Waals surface area (Å²) in [6, 6.07) is 2.24. The molecule has 2 rings (SSSR count). The highest BCUT2D eigenvalue weighted by atomic mass is 16.2. The van der Waals surface area contributed by atoms with Gasteiger partial charge in [0.2, 0.25) is 11.9 Å².